The maximum absolute atomic E-state index is 11.5. The number of anilines is 1. The molecule has 154 valence electrons. The fraction of sp³-hybridized carbons (Fsp3) is 0.136. The van der Waals surface area contributed by atoms with Gasteiger partial charge in [0.15, 0.2) is 5.65 Å². The quantitative estimate of drug-likeness (QED) is 0.377. The molecular weight excluding hydrogens is 416 g/mol. The number of rotatable bonds is 5. The van der Waals surface area contributed by atoms with Crippen LogP contribution in [0.25, 0.3) is 28.0 Å². The smallest absolute Gasteiger partial charge is 0.325 e. The van der Waals surface area contributed by atoms with Gasteiger partial charge in [-0.3, -0.25) is 4.79 Å². The number of nitriles is 1. The van der Waals surface area contributed by atoms with E-state index in [1.807, 2.05) is 25.1 Å². The van der Waals surface area contributed by atoms with Crippen LogP contribution in [0.15, 0.2) is 48.7 Å². The van der Waals surface area contributed by atoms with Crippen LogP contribution < -0.4 is 5.32 Å². The summed E-state index contributed by atoms with van der Waals surface area (Å²) in [4.78, 5) is 20.4. The molecule has 0 aliphatic carbocycles. The molecule has 1 aromatic carbocycles. The lowest BCUT2D eigenvalue weighted by Gasteiger charge is -2.07. The number of fused-ring (bicyclic) bond motifs is 1. The summed E-state index contributed by atoms with van der Waals surface area (Å²) in [5.41, 5.74) is 4.79. The van der Waals surface area contributed by atoms with Crippen molar-refractivity contribution in [2.45, 2.75) is 6.92 Å². The van der Waals surface area contributed by atoms with E-state index in [0.29, 0.717) is 27.9 Å². The summed E-state index contributed by atoms with van der Waals surface area (Å²) in [6, 6.07) is 14.7. The highest BCUT2D eigenvalue weighted by Crippen LogP contribution is 2.36. The van der Waals surface area contributed by atoms with Crippen LogP contribution in [-0.4, -0.2) is 39.2 Å². The van der Waals surface area contributed by atoms with Crippen LogP contribution in [0.4, 0.5) is 5.82 Å². The number of aromatic nitrogens is 4. The summed E-state index contributed by atoms with van der Waals surface area (Å²) in [5, 5.41) is 17.3. The largest absolute Gasteiger partial charge is 0.468 e. The molecule has 0 saturated heterocycles. The van der Waals surface area contributed by atoms with Gasteiger partial charge in [0.25, 0.3) is 0 Å². The van der Waals surface area contributed by atoms with Crippen molar-refractivity contribution in [1.29, 1.82) is 5.26 Å². The van der Waals surface area contributed by atoms with Crippen molar-refractivity contribution in [1.82, 2.24) is 19.6 Å². The van der Waals surface area contributed by atoms with E-state index in [0.717, 1.165) is 22.4 Å². The van der Waals surface area contributed by atoms with E-state index in [4.69, 9.17) is 16.7 Å². The van der Waals surface area contributed by atoms with Gasteiger partial charge in [0, 0.05) is 17.5 Å². The Balaban J connectivity index is 1.94. The molecule has 0 spiro atoms. The van der Waals surface area contributed by atoms with Crippen molar-refractivity contribution < 1.29 is 9.53 Å². The zero-order valence-corrected chi connectivity index (χ0v) is 17.5. The Labute approximate surface area is 183 Å². The number of ether oxygens (including phenoxy) is 1. The predicted molar refractivity (Wildman–Crippen MR) is 117 cm³/mol. The molecule has 0 aliphatic rings. The summed E-state index contributed by atoms with van der Waals surface area (Å²) < 4.78 is 6.32. The molecule has 0 amide bonds. The lowest BCUT2D eigenvalue weighted by molar-refractivity contribution is -0.138. The Morgan fingerprint density at radius 2 is 2.06 bits per heavy atom. The highest BCUT2D eigenvalue weighted by atomic mass is 35.5. The summed E-state index contributed by atoms with van der Waals surface area (Å²) >= 11 is 6.23. The number of methoxy groups -OCH3 is 1. The number of carbonyl (C=O) groups excluding carboxylic acids is 1. The molecule has 1 N–H and O–H groups in total. The van der Waals surface area contributed by atoms with E-state index in [1.165, 1.54) is 7.11 Å². The van der Waals surface area contributed by atoms with Crippen molar-refractivity contribution in [3.8, 4) is 28.5 Å². The van der Waals surface area contributed by atoms with E-state index >= 15 is 0 Å². The molecule has 8 nitrogen and oxygen atoms in total. The van der Waals surface area contributed by atoms with Crippen molar-refractivity contribution in [3.05, 3.63) is 65.1 Å². The lowest BCUT2D eigenvalue weighted by atomic mass is 10.00. The summed E-state index contributed by atoms with van der Waals surface area (Å²) in [6.45, 7) is 1.84. The number of nitrogens with one attached hydrogen (secondary N) is 1. The number of benzene rings is 1. The molecule has 31 heavy (non-hydrogen) atoms. The fourth-order valence-corrected chi connectivity index (χ4v) is 3.49. The summed E-state index contributed by atoms with van der Waals surface area (Å²) in [7, 11) is 1.33. The first kappa shape index (κ1) is 20.3. The minimum Gasteiger partial charge on any atom is -0.468 e. The van der Waals surface area contributed by atoms with Gasteiger partial charge >= 0.3 is 5.97 Å². The first-order valence-corrected chi connectivity index (χ1v) is 9.71. The third-order valence-electron chi connectivity index (χ3n) is 4.60. The first-order chi connectivity index (χ1) is 15.0. The first-order valence-electron chi connectivity index (χ1n) is 9.33. The summed E-state index contributed by atoms with van der Waals surface area (Å²) in [6.07, 6.45) is 1.75. The van der Waals surface area contributed by atoms with Crippen molar-refractivity contribution in [3.63, 3.8) is 0 Å². The standard InChI is InChI=1S/C22H17ClN6O2/c1-13-8-16(10-17(23)26-13)20-21(15-5-3-4-14(9-15)11-24)28-29-7-6-18(27-22(20)29)25-12-19(30)31-2/h3-10H,12H2,1-2H3,(H,25,27). The van der Waals surface area contributed by atoms with Gasteiger partial charge in [0.2, 0.25) is 0 Å². The third-order valence-corrected chi connectivity index (χ3v) is 4.80. The summed E-state index contributed by atoms with van der Waals surface area (Å²) in [5.74, 6) is 0.0919. The van der Waals surface area contributed by atoms with Crippen LogP contribution in [-0.2, 0) is 9.53 Å². The predicted octanol–water partition coefficient (Wildman–Crippen LogP) is 3.88. The van der Waals surface area contributed by atoms with E-state index < -0.39 is 5.97 Å². The number of hydrogen-bond acceptors (Lipinski definition) is 7. The number of halogens is 1. The third kappa shape index (κ3) is 4.17. The molecule has 0 saturated carbocycles. The average Bonchev–Trinajstić information content (AvgIpc) is 3.15. The van der Waals surface area contributed by atoms with Crippen molar-refractivity contribution in [2.75, 3.05) is 19.0 Å². The van der Waals surface area contributed by atoms with Gasteiger partial charge in [0.1, 0.15) is 23.2 Å². The monoisotopic (exact) mass is 432 g/mol. The van der Waals surface area contributed by atoms with E-state index in [2.05, 4.69) is 26.1 Å². The van der Waals surface area contributed by atoms with Crippen LogP contribution >= 0.6 is 11.6 Å². The molecule has 9 heteroatoms. The number of nitrogens with zero attached hydrogens (tertiary/aromatic N) is 5. The van der Waals surface area contributed by atoms with Crippen molar-refractivity contribution in [2.24, 2.45) is 0 Å². The maximum atomic E-state index is 11.5. The molecule has 0 aliphatic heterocycles. The van der Waals surface area contributed by atoms with E-state index in [9.17, 15) is 10.1 Å². The van der Waals surface area contributed by atoms with E-state index in [1.54, 1.807) is 35.0 Å². The minimum atomic E-state index is -0.402. The highest BCUT2D eigenvalue weighted by molar-refractivity contribution is 6.29. The normalized spacial score (nSPS) is 10.6. The zero-order chi connectivity index (χ0) is 22.0. The van der Waals surface area contributed by atoms with Crippen LogP contribution in [0.3, 0.4) is 0 Å². The number of hydrogen-bond donors (Lipinski definition) is 1. The second-order valence-corrected chi connectivity index (χ2v) is 7.13. The van der Waals surface area contributed by atoms with Gasteiger partial charge < -0.3 is 10.1 Å². The molecule has 3 aromatic heterocycles. The van der Waals surface area contributed by atoms with Crippen LogP contribution in [0.2, 0.25) is 5.15 Å². The van der Waals surface area contributed by atoms with Gasteiger partial charge in [-0.05, 0) is 42.8 Å². The molecule has 4 rings (SSSR count). The number of pyridine rings is 1. The van der Waals surface area contributed by atoms with Gasteiger partial charge in [-0.15, -0.1) is 0 Å². The highest BCUT2D eigenvalue weighted by Gasteiger charge is 2.19. The minimum absolute atomic E-state index is 0.0135. The van der Waals surface area contributed by atoms with Crippen LogP contribution in [0, 0.1) is 18.3 Å². The molecule has 0 bridgehead atoms. The second kappa shape index (κ2) is 8.42. The molecule has 3 heterocycles. The van der Waals surface area contributed by atoms with Gasteiger partial charge in [0.05, 0.1) is 24.3 Å². The molecule has 4 aromatic rings. The van der Waals surface area contributed by atoms with Gasteiger partial charge in [-0.2, -0.15) is 10.4 Å². The zero-order valence-electron chi connectivity index (χ0n) is 16.8. The fourth-order valence-electron chi connectivity index (χ4n) is 3.24. The molecule has 0 radical (unpaired) electrons. The average molecular weight is 433 g/mol. The Morgan fingerprint density at radius 1 is 1.23 bits per heavy atom. The Bertz CT molecular complexity index is 1320. The molecule has 0 fully saturated rings. The van der Waals surface area contributed by atoms with Crippen LogP contribution in [0.5, 0.6) is 0 Å². The number of carbonyl (C=O) groups is 1. The molecule has 0 unspecified atom stereocenters. The van der Waals surface area contributed by atoms with Crippen molar-refractivity contribution >= 4 is 29.0 Å². The number of aryl methyl sites for hydroxylation is 1. The van der Waals surface area contributed by atoms with E-state index in [-0.39, 0.29) is 6.54 Å². The topological polar surface area (TPSA) is 105 Å². The lowest BCUT2D eigenvalue weighted by Crippen LogP contribution is -2.15. The molecule has 0 atom stereocenters. The SMILES string of the molecule is COC(=O)CNc1ccn2nc(-c3cccc(C#N)c3)c(-c3cc(C)nc(Cl)c3)c2n1. The Morgan fingerprint density at radius 3 is 2.81 bits per heavy atom. The van der Waals surface area contributed by atoms with Gasteiger partial charge in [-0.25, -0.2) is 14.5 Å². The Hall–Kier alpha value is -3.96. The second-order valence-electron chi connectivity index (χ2n) is 6.75. The Kier molecular flexibility index (Phi) is 5.52. The van der Waals surface area contributed by atoms with Gasteiger partial charge in [-0.1, -0.05) is 23.7 Å². The molecular formula is C22H17ClN6O2. The van der Waals surface area contributed by atoms with Crippen LogP contribution in [0.1, 0.15) is 11.3 Å². The number of esters is 1. The maximum Gasteiger partial charge on any atom is 0.325 e.